The van der Waals surface area contributed by atoms with Crippen LogP contribution in [0.3, 0.4) is 0 Å². The Hall–Kier alpha value is -2.28. The van der Waals surface area contributed by atoms with Gasteiger partial charge < -0.3 is 10.2 Å². The van der Waals surface area contributed by atoms with Gasteiger partial charge in [0.25, 0.3) is 5.91 Å². The van der Waals surface area contributed by atoms with Crippen molar-refractivity contribution in [2.45, 2.75) is 58.3 Å². The summed E-state index contributed by atoms with van der Waals surface area (Å²) >= 11 is 7.57. The Morgan fingerprint density at radius 1 is 1.19 bits per heavy atom. The van der Waals surface area contributed by atoms with Crippen LogP contribution in [0.25, 0.3) is 11.1 Å². The van der Waals surface area contributed by atoms with E-state index in [2.05, 4.69) is 24.1 Å². The van der Waals surface area contributed by atoms with Crippen LogP contribution < -0.4 is 5.32 Å². The molecule has 1 aliphatic heterocycles. The zero-order valence-electron chi connectivity index (χ0n) is 21.1. The first kappa shape index (κ1) is 26.8. The summed E-state index contributed by atoms with van der Waals surface area (Å²) in [4.78, 5) is 20.3. The number of hydrogen-bond acceptors (Lipinski definition) is 4. The summed E-state index contributed by atoms with van der Waals surface area (Å²) in [6.07, 6.45) is 7.32. The molecule has 1 atom stereocenters. The molecular formula is C29H35ClFN3OS. The Balaban J connectivity index is 1.37. The second kappa shape index (κ2) is 12.8. The zero-order chi connectivity index (χ0) is 25.5. The van der Waals surface area contributed by atoms with Crippen molar-refractivity contribution < 1.29 is 9.18 Å². The fraction of sp³-hybridized carbons (Fsp3) is 0.448. The summed E-state index contributed by atoms with van der Waals surface area (Å²) in [5, 5.41) is 6.40. The summed E-state index contributed by atoms with van der Waals surface area (Å²) < 4.78 is 14.0. The minimum absolute atomic E-state index is 0.279. The Labute approximate surface area is 222 Å². The summed E-state index contributed by atoms with van der Waals surface area (Å²) in [6, 6.07) is 11.5. The number of carbonyl (C=O) groups is 1. The van der Waals surface area contributed by atoms with Crippen molar-refractivity contribution in [1.82, 2.24) is 9.88 Å². The van der Waals surface area contributed by atoms with Crippen molar-refractivity contribution in [3.8, 4) is 11.1 Å². The maximum Gasteiger partial charge on any atom is 0.275 e. The van der Waals surface area contributed by atoms with Crippen molar-refractivity contribution in [2.75, 3.05) is 25.0 Å². The van der Waals surface area contributed by atoms with E-state index in [1.165, 1.54) is 44.4 Å². The van der Waals surface area contributed by atoms with Crippen molar-refractivity contribution in [3.63, 3.8) is 0 Å². The highest BCUT2D eigenvalue weighted by Gasteiger charge is 2.25. The average molecular weight is 528 g/mol. The van der Waals surface area contributed by atoms with Crippen molar-refractivity contribution in [1.29, 1.82) is 0 Å². The molecule has 0 saturated carbocycles. The second-order valence-electron chi connectivity index (χ2n) is 9.71. The Morgan fingerprint density at radius 3 is 2.64 bits per heavy atom. The second-order valence-corrected chi connectivity index (χ2v) is 11.0. The molecule has 2 aromatic carbocycles. The Bertz CT molecular complexity index is 1140. The maximum absolute atomic E-state index is 14.0. The fourth-order valence-corrected chi connectivity index (χ4v) is 6.00. The molecule has 192 valence electrons. The van der Waals surface area contributed by atoms with Crippen LogP contribution in [0.1, 0.15) is 73.8 Å². The average Bonchev–Trinajstić information content (AvgIpc) is 3.39. The molecule has 0 spiro atoms. The molecule has 1 aromatic heterocycles. The van der Waals surface area contributed by atoms with Gasteiger partial charge in [-0.05, 0) is 74.2 Å². The maximum atomic E-state index is 14.0. The first-order chi connectivity index (χ1) is 17.5. The van der Waals surface area contributed by atoms with Crippen LogP contribution in [0, 0.1) is 11.7 Å². The summed E-state index contributed by atoms with van der Waals surface area (Å²) in [6.45, 7) is 7.95. The topological polar surface area (TPSA) is 45.2 Å². The van der Waals surface area contributed by atoms with Gasteiger partial charge >= 0.3 is 0 Å². The number of anilines is 1. The molecule has 1 saturated heterocycles. The van der Waals surface area contributed by atoms with Gasteiger partial charge in [0, 0.05) is 34.1 Å². The molecule has 7 heteroatoms. The number of halogens is 2. The molecule has 0 radical (unpaired) electrons. The molecule has 4 nitrogen and oxygen atoms in total. The van der Waals surface area contributed by atoms with Gasteiger partial charge in [-0.3, -0.25) is 4.79 Å². The smallest absolute Gasteiger partial charge is 0.275 e. The van der Waals surface area contributed by atoms with Crippen LogP contribution in [0.5, 0.6) is 0 Å². The first-order valence-electron chi connectivity index (χ1n) is 13.0. The zero-order valence-corrected chi connectivity index (χ0v) is 22.7. The lowest BCUT2D eigenvalue weighted by Gasteiger charge is -2.33. The lowest BCUT2D eigenvalue weighted by molar-refractivity contribution is 0.102. The van der Waals surface area contributed by atoms with Crippen LogP contribution in [0.2, 0.25) is 5.02 Å². The van der Waals surface area contributed by atoms with Crippen molar-refractivity contribution in [3.05, 3.63) is 69.4 Å². The molecule has 36 heavy (non-hydrogen) atoms. The molecule has 4 rings (SSSR count). The SMILES string of the molecule is CCCCC(CC)CN1CCC(c2nc(C(=O)Nc3ccc(F)cc3-c3ccc(Cl)cc3)cs2)CC1. The molecule has 3 aromatic rings. The van der Waals surface area contributed by atoms with E-state index in [-0.39, 0.29) is 11.7 Å². The van der Waals surface area contributed by atoms with Crippen LogP contribution >= 0.6 is 22.9 Å². The highest BCUT2D eigenvalue weighted by molar-refractivity contribution is 7.10. The number of aromatic nitrogens is 1. The Kier molecular flexibility index (Phi) is 9.52. The normalized spacial score (nSPS) is 15.7. The predicted octanol–water partition coefficient (Wildman–Crippen LogP) is 8.25. The van der Waals surface area contributed by atoms with Gasteiger partial charge in [-0.15, -0.1) is 11.3 Å². The highest BCUT2D eigenvalue weighted by Crippen LogP contribution is 2.33. The predicted molar refractivity (Wildman–Crippen MR) is 149 cm³/mol. The van der Waals surface area contributed by atoms with E-state index in [4.69, 9.17) is 16.6 Å². The lowest BCUT2D eigenvalue weighted by atomic mass is 9.94. The molecule has 1 amide bonds. The van der Waals surface area contributed by atoms with E-state index in [0.717, 1.165) is 42.4 Å². The van der Waals surface area contributed by atoms with Crippen LogP contribution in [0.15, 0.2) is 47.8 Å². The van der Waals surface area contributed by atoms with Crippen LogP contribution in [0.4, 0.5) is 10.1 Å². The standard InChI is InChI=1S/C29H35ClFN3OS/c1-3-5-6-20(4-2)18-34-15-13-22(14-16-34)29-33-27(19-36-29)28(35)32-26-12-11-24(31)17-25(26)21-7-9-23(30)10-8-21/h7-12,17,19-20,22H,3-6,13-16,18H2,1-2H3,(H,32,35). The van der Waals surface area contributed by atoms with E-state index in [1.807, 2.05) is 17.5 Å². The van der Waals surface area contributed by atoms with E-state index in [0.29, 0.717) is 27.9 Å². The van der Waals surface area contributed by atoms with Crippen LogP contribution in [-0.4, -0.2) is 35.4 Å². The van der Waals surface area contributed by atoms with Gasteiger partial charge in [0.05, 0.1) is 5.01 Å². The van der Waals surface area contributed by atoms with E-state index >= 15 is 0 Å². The molecule has 0 bridgehead atoms. The van der Waals surface area contributed by atoms with Gasteiger partial charge in [0.2, 0.25) is 0 Å². The van der Waals surface area contributed by atoms with Crippen molar-refractivity contribution in [2.24, 2.45) is 5.92 Å². The number of thiazole rings is 1. The minimum Gasteiger partial charge on any atom is -0.320 e. The lowest BCUT2D eigenvalue weighted by Crippen LogP contribution is -2.36. The number of amides is 1. The monoisotopic (exact) mass is 527 g/mol. The van der Waals surface area contributed by atoms with E-state index in [9.17, 15) is 9.18 Å². The molecule has 0 aliphatic carbocycles. The third-order valence-corrected chi connectivity index (χ3v) is 8.40. The number of likely N-dealkylation sites (tertiary alicyclic amines) is 1. The fourth-order valence-electron chi connectivity index (χ4n) is 4.90. The molecule has 2 heterocycles. The Morgan fingerprint density at radius 2 is 1.94 bits per heavy atom. The van der Waals surface area contributed by atoms with E-state index < -0.39 is 0 Å². The van der Waals surface area contributed by atoms with Gasteiger partial charge in [0.15, 0.2) is 0 Å². The molecule has 1 N–H and O–H groups in total. The number of benzene rings is 2. The molecule has 1 fully saturated rings. The summed E-state index contributed by atoms with van der Waals surface area (Å²) in [7, 11) is 0. The van der Waals surface area contributed by atoms with Gasteiger partial charge in [-0.25, -0.2) is 9.37 Å². The van der Waals surface area contributed by atoms with E-state index in [1.54, 1.807) is 29.5 Å². The number of nitrogens with one attached hydrogen (secondary N) is 1. The van der Waals surface area contributed by atoms with Gasteiger partial charge in [-0.2, -0.15) is 0 Å². The molecule has 1 unspecified atom stereocenters. The van der Waals surface area contributed by atoms with Gasteiger partial charge in [0.1, 0.15) is 11.5 Å². The number of nitrogens with zero attached hydrogens (tertiary/aromatic N) is 2. The number of unbranched alkanes of at least 4 members (excludes halogenated alkanes) is 1. The van der Waals surface area contributed by atoms with Gasteiger partial charge in [-0.1, -0.05) is 56.8 Å². The summed E-state index contributed by atoms with van der Waals surface area (Å²) in [5.74, 6) is 0.550. The quantitative estimate of drug-likeness (QED) is 0.288. The van der Waals surface area contributed by atoms with Crippen LogP contribution in [-0.2, 0) is 0 Å². The third kappa shape index (κ3) is 6.93. The highest BCUT2D eigenvalue weighted by atomic mass is 35.5. The minimum atomic E-state index is -0.365. The third-order valence-electron chi connectivity index (χ3n) is 7.14. The number of hydrogen-bond donors (Lipinski definition) is 1. The molecular weight excluding hydrogens is 493 g/mol. The summed E-state index contributed by atoms with van der Waals surface area (Å²) in [5.41, 5.74) is 2.33. The van der Waals surface area contributed by atoms with Crippen molar-refractivity contribution >= 4 is 34.5 Å². The molecule has 1 aliphatic rings. The number of rotatable bonds is 10. The largest absolute Gasteiger partial charge is 0.320 e. The number of piperidine rings is 1. The number of carbonyl (C=O) groups excluding carboxylic acids is 1. The first-order valence-corrected chi connectivity index (χ1v) is 14.3.